The lowest BCUT2D eigenvalue weighted by Crippen LogP contribution is -2.29. The Kier molecular flexibility index (Phi) is 28.2. The summed E-state index contributed by atoms with van der Waals surface area (Å²) in [6.07, 6.45) is 12.9. The van der Waals surface area contributed by atoms with E-state index in [1.165, 1.54) is 88.0 Å². The topological polar surface area (TPSA) is 0 Å². The van der Waals surface area contributed by atoms with E-state index in [0.717, 1.165) is 19.3 Å². The lowest BCUT2D eigenvalue weighted by Gasteiger charge is -2.36. The summed E-state index contributed by atoms with van der Waals surface area (Å²) in [6, 6.07) is 64.9. The van der Waals surface area contributed by atoms with Crippen molar-refractivity contribution in [3.8, 4) is 0 Å². The quantitative estimate of drug-likeness (QED) is 0.156. The molecule has 0 atom stereocenters. The van der Waals surface area contributed by atoms with Gasteiger partial charge in [-0.2, -0.15) is 0 Å². The van der Waals surface area contributed by atoms with Gasteiger partial charge in [-0.3, -0.25) is 0 Å². The normalized spacial score (nSPS) is 11.2. The molecule has 0 saturated heterocycles. The van der Waals surface area contributed by atoms with Gasteiger partial charge >= 0.3 is 0 Å². The van der Waals surface area contributed by atoms with Crippen molar-refractivity contribution in [2.75, 3.05) is 0 Å². The fourth-order valence-electron chi connectivity index (χ4n) is 8.50. The van der Waals surface area contributed by atoms with Gasteiger partial charge in [0.15, 0.2) is 0 Å². The molecule has 1 aliphatic carbocycles. The number of aryl methyl sites for hydroxylation is 5. The van der Waals surface area contributed by atoms with Crippen LogP contribution in [0, 0.1) is 27.7 Å². The van der Waals surface area contributed by atoms with E-state index < -0.39 is 5.41 Å². The van der Waals surface area contributed by atoms with Gasteiger partial charge in [0, 0.05) is 0 Å². The van der Waals surface area contributed by atoms with E-state index >= 15 is 0 Å². The molecule has 8 aromatic rings. The third-order valence-electron chi connectivity index (χ3n) is 11.9. The lowest BCUT2D eigenvalue weighted by molar-refractivity contribution is 0.745. The fraction of sp³-hybridized carbons (Fsp3) is 0.286. The molecule has 0 spiro atoms. The molecule has 0 aromatic heterocycles. The van der Waals surface area contributed by atoms with Crippen LogP contribution in [0.5, 0.6) is 0 Å². The highest BCUT2D eigenvalue weighted by Gasteiger charge is 2.36. The Morgan fingerprint density at radius 3 is 1.41 bits per heavy atom. The van der Waals surface area contributed by atoms with Crippen molar-refractivity contribution in [2.24, 2.45) is 0 Å². The van der Waals surface area contributed by atoms with Gasteiger partial charge in [0.05, 0.1) is 5.41 Å². The molecule has 0 unspecified atom stereocenters. The molecule has 70 heavy (non-hydrogen) atoms. The summed E-state index contributed by atoms with van der Waals surface area (Å²) in [4.78, 5) is 0. The van der Waals surface area contributed by atoms with Gasteiger partial charge in [-0.05, 0) is 128 Å². The van der Waals surface area contributed by atoms with Crippen LogP contribution in [0.4, 0.5) is 0 Å². The molecule has 1 aliphatic rings. The first-order chi connectivity index (χ1) is 34.1. The monoisotopic (exact) mass is 929 g/mol. The molecule has 0 aliphatic heterocycles. The first-order valence-corrected chi connectivity index (χ1v) is 26.3. The van der Waals surface area contributed by atoms with Crippen molar-refractivity contribution in [1.82, 2.24) is 0 Å². The Labute approximate surface area is 427 Å². The minimum Gasteiger partial charge on any atom is -0.0839 e. The fourth-order valence-corrected chi connectivity index (χ4v) is 8.50. The Morgan fingerprint density at radius 2 is 0.986 bits per heavy atom. The van der Waals surface area contributed by atoms with E-state index in [2.05, 4.69) is 225 Å². The molecule has 9 rings (SSSR count). The predicted octanol–water partition coefficient (Wildman–Crippen LogP) is 20.5. The number of benzene rings is 8. The molecule has 368 valence electrons. The molecule has 0 heteroatoms. The van der Waals surface area contributed by atoms with Crippen LogP contribution in [0.15, 0.2) is 211 Å². The summed E-state index contributed by atoms with van der Waals surface area (Å²) in [5.41, 5.74) is 14.4. The van der Waals surface area contributed by atoms with E-state index in [-0.39, 0.29) is 0 Å². The van der Waals surface area contributed by atoms with Crippen LogP contribution in [0.1, 0.15) is 140 Å². The molecule has 0 radical (unpaired) electrons. The second kappa shape index (κ2) is 33.1. The van der Waals surface area contributed by atoms with E-state index in [4.69, 9.17) is 0 Å². The summed E-state index contributed by atoms with van der Waals surface area (Å²) in [6.45, 7) is 33.5. The van der Waals surface area contributed by atoms with Gasteiger partial charge < -0.3 is 0 Å². The Hall–Kier alpha value is -6.50. The summed E-state index contributed by atoms with van der Waals surface area (Å²) >= 11 is 0. The van der Waals surface area contributed by atoms with Crippen LogP contribution in [0.2, 0.25) is 0 Å². The SMILES string of the molecule is CC.CC.CC.CC.CC1=C(C(/C=C/c2ccc3c(C)ccc4ccc(=C(C)C)c2c43)(c2ccccc2)c2ccccc2)C=CCC1.CCc1cccc(C)c1.Cc1ccccc1.Cc1ccccc1. The van der Waals surface area contributed by atoms with Gasteiger partial charge in [-0.15, -0.1) is 0 Å². The van der Waals surface area contributed by atoms with E-state index in [1.807, 2.05) is 91.8 Å². The zero-order valence-corrected chi connectivity index (χ0v) is 46.3. The number of hydrogen-bond donors (Lipinski definition) is 0. The Balaban J connectivity index is 0.000000437. The maximum Gasteiger partial charge on any atom is 0.0634 e. The Bertz CT molecular complexity index is 2720. The molecule has 0 amide bonds. The van der Waals surface area contributed by atoms with Crippen molar-refractivity contribution < 1.29 is 0 Å². The van der Waals surface area contributed by atoms with Gasteiger partial charge in [-0.25, -0.2) is 0 Å². The average Bonchev–Trinajstić information content (AvgIpc) is 3.42. The molecule has 0 heterocycles. The first-order valence-electron chi connectivity index (χ1n) is 26.3. The van der Waals surface area contributed by atoms with E-state index in [0.29, 0.717) is 0 Å². The largest absolute Gasteiger partial charge is 0.0839 e. The minimum absolute atomic E-state index is 0.393. The van der Waals surface area contributed by atoms with Gasteiger partial charge in [0.1, 0.15) is 0 Å². The van der Waals surface area contributed by atoms with Gasteiger partial charge in [0.25, 0.3) is 0 Å². The standard InChI is InChI=1S/C39H36.C9H12.2C7H8.4C2H6/c1-27(2)34-23-21-30-20-19-28(3)35-24-22-31(37(34)38(30)35)25-26-39(32-14-7-5-8-15-32,33-16-9-6-10-17-33)36-18-12-11-13-29(36)4;1-3-9-6-4-5-8(2)7-9;2*1-7-5-3-2-4-6-7;4*1-2/h5-10,12,14-26H,11,13H2,1-4H3;4-7H,3H2,1-2H3;2*2-6H,1H3;4*1-2H3/b26-25+;;;;;;;. The van der Waals surface area contributed by atoms with Gasteiger partial charge in [0.2, 0.25) is 0 Å². The molecule has 0 nitrogen and oxygen atoms in total. The van der Waals surface area contributed by atoms with Crippen LogP contribution < -0.4 is 5.22 Å². The van der Waals surface area contributed by atoms with Crippen LogP contribution in [-0.4, -0.2) is 0 Å². The van der Waals surface area contributed by atoms with E-state index in [9.17, 15) is 0 Å². The number of allylic oxidation sites excluding steroid dienone is 5. The van der Waals surface area contributed by atoms with Crippen molar-refractivity contribution in [1.29, 1.82) is 0 Å². The second-order valence-electron chi connectivity index (χ2n) is 16.8. The molecule has 0 N–H and O–H groups in total. The molecule has 8 aromatic carbocycles. The molecule has 0 saturated carbocycles. The summed E-state index contributed by atoms with van der Waals surface area (Å²) in [7, 11) is 0. The highest BCUT2D eigenvalue weighted by atomic mass is 14.4. The summed E-state index contributed by atoms with van der Waals surface area (Å²) < 4.78 is 0. The van der Waals surface area contributed by atoms with Crippen LogP contribution >= 0.6 is 0 Å². The maximum atomic E-state index is 2.47. The summed E-state index contributed by atoms with van der Waals surface area (Å²) in [5, 5.41) is 6.70. The van der Waals surface area contributed by atoms with Crippen molar-refractivity contribution in [3.63, 3.8) is 0 Å². The van der Waals surface area contributed by atoms with Crippen LogP contribution in [-0.2, 0) is 11.8 Å². The highest BCUT2D eigenvalue weighted by Crippen LogP contribution is 2.45. The Morgan fingerprint density at radius 1 is 0.500 bits per heavy atom. The van der Waals surface area contributed by atoms with Gasteiger partial charge in [-0.1, -0.05) is 296 Å². The number of rotatable bonds is 6. The molecule has 0 bridgehead atoms. The second-order valence-corrected chi connectivity index (χ2v) is 16.8. The molecular formula is C70H88. The predicted molar refractivity (Wildman–Crippen MR) is 318 cm³/mol. The summed E-state index contributed by atoms with van der Waals surface area (Å²) in [5.74, 6) is 0. The maximum absolute atomic E-state index is 2.47. The first kappa shape index (κ1) is 59.6. The third kappa shape index (κ3) is 16.9. The van der Waals surface area contributed by atoms with Crippen molar-refractivity contribution in [3.05, 3.63) is 261 Å². The van der Waals surface area contributed by atoms with Crippen LogP contribution in [0.3, 0.4) is 0 Å². The zero-order chi connectivity index (χ0) is 51.9. The molecule has 0 fully saturated rings. The molecular weight excluding hydrogens is 841 g/mol. The smallest absolute Gasteiger partial charge is 0.0634 e. The van der Waals surface area contributed by atoms with Crippen LogP contribution in [0.25, 0.3) is 33.2 Å². The van der Waals surface area contributed by atoms with Crippen molar-refractivity contribution in [2.45, 2.75) is 135 Å². The highest BCUT2D eigenvalue weighted by molar-refractivity contribution is 6.14. The minimum atomic E-state index is -0.393. The zero-order valence-electron chi connectivity index (χ0n) is 46.3. The lowest BCUT2D eigenvalue weighted by atomic mass is 9.66. The van der Waals surface area contributed by atoms with E-state index in [1.54, 1.807) is 0 Å². The average molecular weight is 929 g/mol. The third-order valence-corrected chi connectivity index (χ3v) is 11.9. The number of hydrogen-bond acceptors (Lipinski definition) is 0. The van der Waals surface area contributed by atoms with Crippen molar-refractivity contribution >= 4 is 33.2 Å².